The molecule has 3 N–H and O–H groups in total. The molecule has 1 aromatic rings. The predicted molar refractivity (Wildman–Crippen MR) is 56.4 cm³/mol. The van der Waals surface area contributed by atoms with Crippen molar-refractivity contribution in [2.75, 3.05) is 0 Å². The molecule has 5 heteroatoms. The van der Waals surface area contributed by atoms with Crippen LogP contribution in [0.15, 0.2) is 18.2 Å². The number of carbonyl (C=O) groups is 1. The van der Waals surface area contributed by atoms with Crippen molar-refractivity contribution in [2.24, 2.45) is 5.73 Å². The highest BCUT2D eigenvalue weighted by Crippen LogP contribution is 2.32. The standard InChI is InChI=1S/C9H7Cl2NO2/c10-6-3-5(1-2-8(12)13)4-7(11)9(6)14/h1-4,14H,(H2,12,13). The first-order valence-electron chi connectivity index (χ1n) is 3.66. The highest BCUT2D eigenvalue weighted by atomic mass is 35.5. The number of aromatic hydroxyl groups is 1. The van der Waals surface area contributed by atoms with Gasteiger partial charge in [-0.05, 0) is 23.8 Å². The third kappa shape index (κ3) is 2.65. The number of hydrogen-bond donors (Lipinski definition) is 2. The Balaban J connectivity index is 3.07. The highest BCUT2D eigenvalue weighted by molar-refractivity contribution is 6.37. The quantitative estimate of drug-likeness (QED) is 0.767. The van der Waals surface area contributed by atoms with E-state index in [1.807, 2.05) is 0 Å². The van der Waals surface area contributed by atoms with Gasteiger partial charge in [0.2, 0.25) is 5.91 Å². The van der Waals surface area contributed by atoms with Crippen molar-refractivity contribution in [2.45, 2.75) is 0 Å². The van der Waals surface area contributed by atoms with E-state index in [1.54, 1.807) is 0 Å². The predicted octanol–water partition coefficient (Wildman–Crippen LogP) is 2.20. The molecule has 14 heavy (non-hydrogen) atoms. The molecule has 74 valence electrons. The molecule has 1 aromatic carbocycles. The van der Waals surface area contributed by atoms with E-state index in [0.717, 1.165) is 0 Å². The summed E-state index contributed by atoms with van der Waals surface area (Å²) in [5, 5.41) is 9.48. The lowest BCUT2D eigenvalue weighted by molar-refractivity contribution is -0.113. The van der Waals surface area contributed by atoms with Crippen LogP contribution < -0.4 is 5.73 Å². The number of primary amides is 1. The van der Waals surface area contributed by atoms with Gasteiger partial charge >= 0.3 is 0 Å². The number of carbonyl (C=O) groups excluding carboxylic acids is 1. The molecule has 0 radical (unpaired) electrons. The maximum atomic E-state index is 10.4. The largest absolute Gasteiger partial charge is 0.505 e. The third-order valence-electron chi connectivity index (χ3n) is 1.48. The molecule has 0 spiro atoms. The van der Waals surface area contributed by atoms with E-state index in [2.05, 4.69) is 0 Å². The van der Waals surface area contributed by atoms with Crippen LogP contribution in [0.5, 0.6) is 5.75 Å². The second kappa shape index (κ2) is 4.35. The third-order valence-corrected chi connectivity index (χ3v) is 2.06. The molecule has 0 unspecified atom stereocenters. The summed E-state index contributed by atoms with van der Waals surface area (Å²) in [7, 11) is 0. The van der Waals surface area contributed by atoms with E-state index in [1.165, 1.54) is 24.3 Å². The molecule has 0 aliphatic heterocycles. The van der Waals surface area contributed by atoms with Crippen LogP contribution in [0.25, 0.3) is 6.08 Å². The summed E-state index contributed by atoms with van der Waals surface area (Å²) in [6.07, 6.45) is 2.64. The molecule has 0 saturated heterocycles. The summed E-state index contributed by atoms with van der Waals surface area (Å²) in [5.41, 5.74) is 5.50. The Morgan fingerprint density at radius 1 is 1.36 bits per heavy atom. The van der Waals surface area contributed by atoms with E-state index in [4.69, 9.17) is 28.9 Å². The molecule has 0 aliphatic carbocycles. The summed E-state index contributed by atoms with van der Waals surface area (Å²) in [6, 6.07) is 2.95. The summed E-state index contributed by atoms with van der Waals surface area (Å²) in [4.78, 5) is 10.4. The van der Waals surface area contributed by atoms with Crippen LogP contribution in [0.2, 0.25) is 10.0 Å². The van der Waals surface area contributed by atoms with Crippen molar-refractivity contribution in [3.63, 3.8) is 0 Å². The van der Waals surface area contributed by atoms with Crippen molar-refractivity contribution in [1.29, 1.82) is 0 Å². The fourth-order valence-corrected chi connectivity index (χ4v) is 1.36. The van der Waals surface area contributed by atoms with Crippen LogP contribution in [0.3, 0.4) is 0 Å². The Hall–Kier alpha value is -1.19. The topological polar surface area (TPSA) is 63.3 Å². The summed E-state index contributed by atoms with van der Waals surface area (Å²) in [5.74, 6) is -0.741. The van der Waals surface area contributed by atoms with Crippen molar-refractivity contribution < 1.29 is 9.90 Å². The lowest BCUT2D eigenvalue weighted by Crippen LogP contribution is -2.05. The van der Waals surface area contributed by atoms with Crippen LogP contribution in [0, 0.1) is 0 Å². The lowest BCUT2D eigenvalue weighted by Gasteiger charge is -2.01. The van der Waals surface area contributed by atoms with Gasteiger partial charge < -0.3 is 10.8 Å². The molecule has 1 rings (SSSR count). The number of benzene rings is 1. The zero-order valence-electron chi connectivity index (χ0n) is 7.00. The first-order chi connectivity index (χ1) is 6.50. The van der Waals surface area contributed by atoms with Gasteiger partial charge in [-0.3, -0.25) is 4.79 Å². The summed E-state index contributed by atoms with van der Waals surface area (Å²) >= 11 is 11.3. The van der Waals surface area contributed by atoms with Gasteiger partial charge in [0.25, 0.3) is 0 Å². The molecule has 0 bridgehead atoms. The van der Waals surface area contributed by atoms with E-state index in [9.17, 15) is 9.90 Å². The number of phenolic OH excluding ortho intramolecular Hbond substituents is 1. The molecular weight excluding hydrogens is 225 g/mol. The Morgan fingerprint density at radius 3 is 2.29 bits per heavy atom. The Labute approximate surface area is 90.7 Å². The summed E-state index contributed by atoms with van der Waals surface area (Å²) in [6.45, 7) is 0. The second-order valence-corrected chi connectivity index (χ2v) is 3.38. The van der Waals surface area contributed by atoms with Gasteiger partial charge in [-0.2, -0.15) is 0 Å². The first-order valence-corrected chi connectivity index (χ1v) is 4.42. The number of amides is 1. The fraction of sp³-hybridized carbons (Fsp3) is 0. The maximum Gasteiger partial charge on any atom is 0.241 e. The maximum absolute atomic E-state index is 10.4. The smallest absolute Gasteiger partial charge is 0.241 e. The number of hydrogen-bond acceptors (Lipinski definition) is 2. The minimum atomic E-state index is -0.565. The molecule has 3 nitrogen and oxygen atoms in total. The average Bonchev–Trinajstić information content (AvgIpc) is 2.10. The molecule has 0 fully saturated rings. The molecule has 1 amide bonds. The van der Waals surface area contributed by atoms with Gasteiger partial charge in [0.05, 0.1) is 10.0 Å². The summed E-state index contributed by atoms with van der Waals surface area (Å²) < 4.78 is 0. The van der Waals surface area contributed by atoms with Gasteiger partial charge in [-0.25, -0.2) is 0 Å². The van der Waals surface area contributed by atoms with Crippen LogP contribution in [0.4, 0.5) is 0 Å². The number of nitrogens with two attached hydrogens (primary N) is 1. The van der Waals surface area contributed by atoms with Gasteiger partial charge in [-0.1, -0.05) is 23.2 Å². The number of halogens is 2. The Kier molecular flexibility index (Phi) is 3.38. The zero-order chi connectivity index (χ0) is 10.7. The van der Waals surface area contributed by atoms with Crippen LogP contribution in [-0.2, 0) is 4.79 Å². The van der Waals surface area contributed by atoms with E-state index in [-0.39, 0.29) is 15.8 Å². The van der Waals surface area contributed by atoms with Gasteiger partial charge in [0.1, 0.15) is 0 Å². The molecule has 0 saturated carbocycles. The van der Waals surface area contributed by atoms with Gasteiger partial charge in [-0.15, -0.1) is 0 Å². The van der Waals surface area contributed by atoms with Crippen molar-refractivity contribution in [3.8, 4) is 5.75 Å². The molecule has 0 aromatic heterocycles. The molecular formula is C9H7Cl2NO2. The second-order valence-electron chi connectivity index (χ2n) is 2.57. The molecule has 0 heterocycles. The molecule has 0 aliphatic rings. The number of phenols is 1. The first kappa shape index (κ1) is 10.9. The van der Waals surface area contributed by atoms with Crippen LogP contribution >= 0.6 is 23.2 Å². The van der Waals surface area contributed by atoms with Crippen molar-refractivity contribution >= 4 is 35.2 Å². The average molecular weight is 232 g/mol. The van der Waals surface area contributed by atoms with Gasteiger partial charge in [0, 0.05) is 6.08 Å². The minimum Gasteiger partial charge on any atom is -0.505 e. The Morgan fingerprint density at radius 2 is 1.86 bits per heavy atom. The van der Waals surface area contributed by atoms with Crippen LogP contribution in [0.1, 0.15) is 5.56 Å². The highest BCUT2D eigenvalue weighted by Gasteiger charge is 2.04. The minimum absolute atomic E-state index is 0.127. The van der Waals surface area contributed by atoms with E-state index < -0.39 is 5.91 Å². The monoisotopic (exact) mass is 231 g/mol. The van der Waals surface area contributed by atoms with E-state index >= 15 is 0 Å². The van der Waals surface area contributed by atoms with Gasteiger partial charge in [0.15, 0.2) is 5.75 Å². The molecule has 0 atom stereocenters. The van der Waals surface area contributed by atoms with E-state index in [0.29, 0.717) is 5.56 Å². The fourth-order valence-electron chi connectivity index (χ4n) is 0.860. The number of rotatable bonds is 2. The van der Waals surface area contributed by atoms with Crippen molar-refractivity contribution in [3.05, 3.63) is 33.8 Å². The zero-order valence-corrected chi connectivity index (χ0v) is 8.51. The van der Waals surface area contributed by atoms with Crippen molar-refractivity contribution in [1.82, 2.24) is 0 Å². The van der Waals surface area contributed by atoms with Crippen LogP contribution in [-0.4, -0.2) is 11.0 Å². The Bertz CT molecular complexity index is 379. The lowest BCUT2D eigenvalue weighted by atomic mass is 10.2. The SMILES string of the molecule is NC(=O)C=Cc1cc(Cl)c(O)c(Cl)c1. The normalized spacial score (nSPS) is 10.7.